The fourth-order valence-corrected chi connectivity index (χ4v) is 3.52. The molecule has 3 unspecified atom stereocenters. The number of halogens is 1. The first kappa shape index (κ1) is 15.0. The second-order valence-corrected chi connectivity index (χ2v) is 5.61. The first-order valence-electron chi connectivity index (χ1n) is 7.02. The van der Waals surface area contributed by atoms with E-state index in [0.717, 1.165) is 24.2 Å². The molecule has 2 heterocycles. The van der Waals surface area contributed by atoms with Crippen LogP contribution in [0.2, 0.25) is 0 Å². The maximum atomic E-state index is 9.36. The molecule has 19 heavy (non-hydrogen) atoms. The molecule has 2 fully saturated rings. The summed E-state index contributed by atoms with van der Waals surface area (Å²) in [4.78, 5) is 6.19. The van der Waals surface area contributed by atoms with Crippen molar-refractivity contribution in [1.82, 2.24) is 0 Å². The van der Waals surface area contributed by atoms with Gasteiger partial charge in [-0.3, -0.25) is 0 Å². The van der Waals surface area contributed by atoms with Crippen molar-refractivity contribution < 1.29 is 31.6 Å². The van der Waals surface area contributed by atoms with Crippen molar-refractivity contribution in [1.29, 1.82) is 0 Å². The van der Waals surface area contributed by atoms with Crippen LogP contribution in [0.3, 0.4) is 0 Å². The van der Waals surface area contributed by atoms with Crippen LogP contribution in [0.1, 0.15) is 31.2 Å². The van der Waals surface area contributed by atoms with Crippen molar-refractivity contribution in [3.05, 3.63) is 35.9 Å². The molecule has 1 aromatic rings. The van der Waals surface area contributed by atoms with Crippen LogP contribution in [-0.2, 0) is 11.4 Å². The van der Waals surface area contributed by atoms with E-state index in [1.165, 1.54) is 24.8 Å². The molecule has 106 valence electrons. The molecule has 0 radical (unpaired) electrons. The Balaban J connectivity index is 0.00000133. The van der Waals surface area contributed by atoms with E-state index in [2.05, 4.69) is 30.3 Å². The van der Waals surface area contributed by atoms with Crippen molar-refractivity contribution in [2.24, 2.45) is 0 Å². The minimum Gasteiger partial charge on any atom is -1.00 e. The van der Waals surface area contributed by atoms with Gasteiger partial charge in [0, 0.05) is 18.4 Å². The molecule has 3 atom stereocenters. The highest BCUT2D eigenvalue weighted by Crippen LogP contribution is 2.38. The Bertz CT molecular complexity index is 400. The second-order valence-electron chi connectivity index (χ2n) is 5.61. The van der Waals surface area contributed by atoms with Gasteiger partial charge in [0.1, 0.15) is 25.2 Å². The number of quaternary nitrogens is 1. The van der Waals surface area contributed by atoms with Crippen LogP contribution in [-0.4, -0.2) is 35.1 Å². The normalized spacial score (nSPS) is 33.5. The predicted molar refractivity (Wildman–Crippen MR) is 69.5 cm³/mol. The van der Waals surface area contributed by atoms with Gasteiger partial charge in [0.25, 0.3) is 0 Å². The lowest BCUT2D eigenvalue weighted by Crippen LogP contribution is -3.00. The van der Waals surface area contributed by atoms with E-state index < -0.39 is 0 Å². The van der Waals surface area contributed by atoms with E-state index in [9.17, 15) is 5.11 Å². The predicted octanol–water partition coefficient (Wildman–Crippen LogP) is -0.744. The quantitative estimate of drug-likeness (QED) is 0.741. The van der Waals surface area contributed by atoms with E-state index in [0.29, 0.717) is 6.04 Å². The van der Waals surface area contributed by atoms with E-state index >= 15 is 0 Å². The van der Waals surface area contributed by atoms with Crippen molar-refractivity contribution >= 4 is 0 Å². The van der Waals surface area contributed by atoms with E-state index in [4.69, 9.17) is 4.84 Å². The minimum atomic E-state index is 0. The number of aliphatic hydroxyl groups excluding tert-OH is 1. The number of hydroxylamine groups is 3. The Morgan fingerprint density at radius 2 is 2.00 bits per heavy atom. The third-order valence-corrected chi connectivity index (χ3v) is 4.38. The lowest BCUT2D eigenvalue weighted by atomic mass is 9.97. The topological polar surface area (TPSA) is 29.5 Å². The molecule has 0 bridgehead atoms. The highest BCUT2D eigenvalue weighted by molar-refractivity contribution is 5.13. The molecule has 1 N–H and O–H groups in total. The Labute approximate surface area is 125 Å². The number of nitrogens with zero attached hydrogens (tertiary/aromatic N) is 1. The van der Waals surface area contributed by atoms with Gasteiger partial charge in [-0.2, -0.15) is 9.48 Å². The number of fused-ring (bicyclic) bond motifs is 1. The van der Waals surface area contributed by atoms with Crippen LogP contribution in [0, 0.1) is 0 Å². The SMILES string of the molecule is OCC1CC2CCCC[N+]2(Cc2ccccc2)O1.[Br-]. The van der Waals surface area contributed by atoms with Gasteiger partial charge in [0.05, 0.1) is 6.61 Å². The summed E-state index contributed by atoms with van der Waals surface area (Å²) in [5, 5.41) is 9.36. The fourth-order valence-electron chi connectivity index (χ4n) is 3.52. The van der Waals surface area contributed by atoms with Crippen molar-refractivity contribution in [3.8, 4) is 0 Å². The molecule has 2 saturated heterocycles. The number of aliphatic hydroxyl groups is 1. The highest BCUT2D eigenvalue weighted by Gasteiger charge is 2.50. The van der Waals surface area contributed by atoms with Gasteiger partial charge >= 0.3 is 0 Å². The molecule has 0 aliphatic carbocycles. The van der Waals surface area contributed by atoms with E-state index in [-0.39, 0.29) is 29.7 Å². The van der Waals surface area contributed by atoms with E-state index in [1.54, 1.807) is 0 Å². The first-order valence-corrected chi connectivity index (χ1v) is 7.02. The summed E-state index contributed by atoms with van der Waals surface area (Å²) in [5.41, 5.74) is 1.34. The first-order chi connectivity index (χ1) is 8.82. The average Bonchev–Trinajstić information content (AvgIpc) is 2.78. The maximum absolute atomic E-state index is 9.36. The summed E-state index contributed by atoms with van der Waals surface area (Å²) in [6, 6.07) is 11.2. The smallest absolute Gasteiger partial charge is 0.145 e. The van der Waals surface area contributed by atoms with Crippen LogP contribution < -0.4 is 17.0 Å². The molecule has 1 aromatic carbocycles. The molecule has 0 spiro atoms. The number of hydrogen-bond donors (Lipinski definition) is 1. The molecular weight excluding hydrogens is 306 g/mol. The molecule has 0 aromatic heterocycles. The zero-order valence-corrected chi connectivity index (χ0v) is 12.8. The molecule has 2 aliphatic heterocycles. The summed E-state index contributed by atoms with van der Waals surface area (Å²) in [6.45, 7) is 2.20. The monoisotopic (exact) mass is 327 g/mol. The Kier molecular flexibility index (Phi) is 5.01. The highest BCUT2D eigenvalue weighted by atomic mass is 79.9. The average molecular weight is 328 g/mol. The van der Waals surface area contributed by atoms with E-state index in [1.807, 2.05) is 0 Å². The Hall–Kier alpha value is -0.420. The largest absolute Gasteiger partial charge is 1.00 e. The summed E-state index contributed by atoms with van der Waals surface area (Å²) >= 11 is 0. The zero-order chi connectivity index (χ0) is 12.4. The van der Waals surface area contributed by atoms with Gasteiger partial charge in [-0.05, 0) is 12.8 Å². The summed E-state index contributed by atoms with van der Waals surface area (Å²) in [5.74, 6) is 0. The van der Waals surface area contributed by atoms with Crippen molar-refractivity contribution in [2.45, 2.75) is 44.4 Å². The van der Waals surface area contributed by atoms with Gasteiger partial charge < -0.3 is 22.1 Å². The zero-order valence-electron chi connectivity index (χ0n) is 11.2. The summed E-state index contributed by atoms with van der Waals surface area (Å²) in [6.07, 6.45) is 4.84. The van der Waals surface area contributed by atoms with Gasteiger partial charge in [-0.15, -0.1) is 0 Å². The number of piperidine rings is 1. The maximum Gasteiger partial charge on any atom is 0.145 e. The molecule has 2 aliphatic rings. The molecule has 0 amide bonds. The van der Waals surface area contributed by atoms with Gasteiger partial charge in [-0.1, -0.05) is 30.3 Å². The standard InChI is InChI=1S/C15H22NO2.BrH/c17-12-15-10-14-8-4-5-9-16(14,18-15)11-13-6-2-1-3-7-13;/h1-3,6-7,14-15,17H,4-5,8-12H2;1H/q+1;/p-1. The van der Waals surface area contributed by atoms with Gasteiger partial charge in [0.15, 0.2) is 0 Å². The fraction of sp³-hybridized carbons (Fsp3) is 0.600. The molecule has 3 nitrogen and oxygen atoms in total. The molecule has 4 heteroatoms. The number of hydrogen-bond acceptors (Lipinski definition) is 2. The Morgan fingerprint density at radius 3 is 2.74 bits per heavy atom. The second kappa shape index (κ2) is 6.35. The summed E-state index contributed by atoms with van der Waals surface area (Å²) < 4.78 is 0.745. The summed E-state index contributed by atoms with van der Waals surface area (Å²) in [7, 11) is 0. The molecule has 0 saturated carbocycles. The van der Waals surface area contributed by atoms with Crippen LogP contribution in [0.15, 0.2) is 30.3 Å². The Morgan fingerprint density at radius 1 is 1.21 bits per heavy atom. The van der Waals surface area contributed by atoms with Crippen LogP contribution >= 0.6 is 0 Å². The lowest BCUT2D eigenvalue weighted by Gasteiger charge is -2.39. The lowest BCUT2D eigenvalue weighted by molar-refractivity contribution is -1.12. The van der Waals surface area contributed by atoms with Crippen molar-refractivity contribution in [3.63, 3.8) is 0 Å². The third kappa shape index (κ3) is 3.02. The molecule has 3 rings (SSSR count). The van der Waals surface area contributed by atoms with Gasteiger partial charge in [-0.25, -0.2) is 0 Å². The minimum absolute atomic E-state index is 0. The third-order valence-electron chi connectivity index (χ3n) is 4.38. The van der Waals surface area contributed by atoms with Crippen LogP contribution in [0.5, 0.6) is 0 Å². The van der Waals surface area contributed by atoms with Gasteiger partial charge in [0.2, 0.25) is 0 Å². The van der Waals surface area contributed by atoms with Crippen LogP contribution in [0.4, 0.5) is 0 Å². The molecular formula is C15H22BrNO2. The number of rotatable bonds is 3. The number of benzene rings is 1. The van der Waals surface area contributed by atoms with Crippen molar-refractivity contribution in [2.75, 3.05) is 13.2 Å². The van der Waals surface area contributed by atoms with Crippen LogP contribution in [0.25, 0.3) is 0 Å².